The third kappa shape index (κ3) is 4.07. The number of carbonyl (C=O) groups is 1. The molecule has 5 heteroatoms. The molecule has 1 unspecified atom stereocenters. The molecule has 0 bridgehead atoms. The predicted octanol–water partition coefficient (Wildman–Crippen LogP) is 2.65. The smallest absolute Gasteiger partial charge is 0.225 e. The molecule has 0 spiro atoms. The van der Waals surface area contributed by atoms with E-state index in [9.17, 15) is 4.79 Å². The van der Waals surface area contributed by atoms with E-state index >= 15 is 0 Å². The molecule has 0 fully saturated rings. The first-order valence-corrected chi connectivity index (χ1v) is 7.29. The second-order valence-corrected chi connectivity index (χ2v) is 5.63. The maximum atomic E-state index is 11.4. The molecular formula is C13H23N3OS. The number of thiazole rings is 1. The van der Waals surface area contributed by atoms with Crippen molar-refractivity contribution in [3.63, 3.8) is 0 Å². The number of nitrogens with zero attached hydrogens (tertiary/aromatic N) is 2. The Kier molecular flexibility index (Phi) is 5.75. The van der Waals surface area contributed by atoms with Gasteiger partial charge in [-0.2, -0.15) is 0 Å². The van der Waals surface area contributed by atoms with E-state index in [0.717, 1.165) is 17.4 Å². The van der Waals surface area contributed by atoms with Crippen LogP contribution in [0.4, 0.5) is 5.13 Å². The minimum atomic E-state index is 0.0434. The summed E-state index contributed by atoms with van der Waals surface area (Å²) in [6.45, 7) is 11.5. The van der Waals surface area contributed by atoms with E-state index in [0.29, 0.717) is 18.5 Å². The molecule has 1 aromatic heterocycles. The number of nitrogens with one attached hydrogen (secondary N) is 1. The van der Waals surface area contributed by atoms with Crippen LogP contribution >= 0.6 is 11.3 Å². The van der Waals surface area contributed by atoms with Crippen LogP contribution in [-0.2, 0) is 11.3 Å². The first kappa shape index (κ1) is 15.1. The highest BCUT2D eigenvalue weighted by molar-refractivity contribution is 7.14. The highest BCUT2D eigenvalue weighted by Crippen LogP contribution is 2.20. The van der Waals surface area contributed by atoms with E-state index in [2.05, 4.69) is 31.1 Å². The van der Waals surface area contributed by atoms with Gasteiger partial charge >= 0.3 is 0 Å². The van der Waals surface area contributed by atoms with Gasteiger partial charge in [-0.3, -0.25) is 9.69 Å². The highest BCUT2D eigenvalue weighted by Gasteiger charge is 2.14. The lowest BCUT2D eigenvalue weighted by Gasteiger charge is -2.16. The van der Waals surface area contributed by atoms with E-state index in [-0.39, 0.29) is 5.91 Å². The van der Waals surface area contributed by atoms with Gasteiger partial charge in [-0.1, -0.05) is 13.8 Å². The summed E-state index contributed by atoms with van der Waals surface area (Å²) in [4.78, 5) is 17.6. The van der Waals surface area contributed by atoms with Crippen LogP contribution in [-0.4, -0.2) is 23.5 Å². The molecule has 1 amide bonds. The minimum Gasteiger partial charge on any atom is -0.308 e. The number of anilines is 1. The number of aromatic nitrogens is 1. The SMILES string of the molecule is CCN(C(C)=O)c1nc(CNC(C)C(C)C)cs1. The average molecular weight is 269 g/mol. The standard InChI is InChI=1S/C13H23N3OS/c1-6-16(11(5)17)13-15-12(8-18-13)7-14-10(4)9(2)3/h8-10,14H,6-7H2,1-5H3. The summed E-state index contributed by atoms with van der Waals surface area (Å²) in [5.41, 5.74) is 1.00. The molecule has 0 saturated heterocycles. The maximum absolute atomic E-state index is 11.4. The third-order valence-corrected chi connectivity index (χ3v) is 3.98. The molecule has 1 atom stereocenters. The minimum absolute atomic E-state index is 0.0434. The van der Waals surface area contributed by atoms with Crippen molar-refractivity contribution in [3.05, 3.63) is 11.1 Å². The fourth-order valence-corrected chi connectivity index (χ4v) is 2.43. The Hall–Kier alpha value is -0.940. The summed E-state index contributed by atoms with van der Waals surface area (Å²) >= 11 is 1.52. The third-order valence-electron chi connectivity index (χ3n) is 3.07. The Morgan fingerprint density at radius 3 is 2.67 bits per heavy atom. The molecule has 18 heavy (non-hydrogen) atoms. The number of hydrogen-bond donors (Lipinski definition) is 1. The largest absolute Gasteiger partial charge is 0.308 e. The molecule has 0 aliphatic rings. The van der Waals surface area contributed by atoms with Crippen molar-refractivity contribution in [2.24, 2.45) is 5.92 Å². The summed E-state index contributed by atoms with van der Waals surface area (Å²) in [6.07, 6.45) is 0. The van der Waals surface area contributed by atoms with Crippen molar-refractivity contribution >= 4 is 22.4 Å². The molecule has 0 aromatic carbocycles. The molecule has 4 nitrogen and oxygen atoms in total. The molecular weight excluding hydrogens is 246 g/mol. The van der Waals surface area contributed by atoms with E-state index in [1.807, 2.05) is 12.3 Å². The number of rotatable bonds is 6. The highest BCUT2D eigenvalue weighted by atomic mass is 32.1. The van der Waals surface area contributed by atoms with Crippen molar-refractivity contribution in [1.82, 2.24) is 10.3 Å². The monoisotopic (exact) mass is 269 g/mol. The van der Waals surface area contributed by atoms with Crippen LogP contribution in [0, 0.1) is 5.92 Å². The van der Waals surface area contributed by atoms with E-state index < -0.39 is 0 Å². The van der Waals surface area contributed by atoms with Crippen molar-refractivity contribution in [1.29, 1.82) is 0 Å². The maximum Gasteiger partial charge on any atom is 0.225 e. The Labute approximate surface area is 113 Å². The first-order chi connectivity index (χ1) is 8.45. The molecule has 1 N–H and O–H groups in total. The average Bonchev–Trinajstić information content (AvgIpc) is 2.74. The molecule has 1 aromatic rings. The van der Waals surface area contributed by atoms with Crippen LogP contribution in [0.15, 0.2) is 5.38 Å². The van der Waals surface area contributed by atoms with Crippen LogP contribution < -0.4 is 10.2 Å². The molecule has 102 valence electrons. The molecule has 0 radical (unpaired) electrons. The van der Waals surface area contributed by atoms with Gasteiger partial charge in [-0.25, -0.2) is 4.98 Å². The van der Waals surface area contributed by atoms with Crippen LogP contribution in [0.1, 0.15) is 40.3 Å². The molecule has 0 aliphatic heterocycles. The van der Waals surface area contributed by atoms with Gasteiger partial charge in [0.2, 0.25) is 5.91 Å². The second-order valence-electron chi connectivity index (χ2n) is 4.80. The predicted molar refractivity (Wildman–Crippen MR) is 77.0 cm³/mol. The van der Waals surface area contributed by atoms with Gasteiger partial charge in [-0.15, -0.1) is 11.3 Å². The fraction of sp³-hybridized carbons (Fsp3) is 0.692. The summed E-state index contributed by atoms with van der Waals surface area (Å²) in [6, 6.07) is 0.463. The Morgan fingerprint density at radius 2 is 2.17 bits per heavy atom. The summed E-state index contributed by atoms with van der Waals surface area (Å²) in [7, 11) is 0. The number of amides is 1. The van der Waals surface area contributed by atoms with Crippen molar-refractivity contribution < 1.29 is 4.79 Å². The summed E-state index contributed by atoms with van der Waals surface area (Å²) in [5, 5.41) is 6.24. The van der Waals surface area contributed by atoms with Gasteiger partial charge in [0.1, 0.15) is 0 Å². The number of hydrogen-bond acceptors (Lipinski definition) is 4. The van der Waals surface area contributed by atoms with Crippen LogP contribution in [0.2, 0.25) is 0 Å². The summed E-state index contributed by atoms with van der Waals surface area (Å²) < 4.78 is 0. The van der Waals surface area contributed by atoms with E-state index in [1.165, 1.54) is 11.3 Å². The van der Waals surface area contributed by atoms with Gasteiger partial charge in [0.05, 0.1) is 5.69 Å². The first-order valence-electron chi connectivity index (χ1n) is 6.41. The molecule has 1 rings (SSSR count). The Morgan fingerprint density at radius 1 is 1.50 bits per heavy atom. The lowest BCUT2D eigenvalue weighted by Crippen LogP contribution is -2.30. The van der Waals surface area contributed by atoms with E-state index in [1.54, 1.807) is 11.8 Å². The normalized spacial score (nSPS) is 12.8. The van der Waals surface area contributed by atoms with Gasteiger partial charge in [0.25, 0.3) is 0 Å². The topological polar surface area (TPSA) is 45.2 Å². The van der Waals surface area contributed by atoms with Crippen LogP contribution in [0.3, 0.4) is 0 Å². The van der Waals surface area contributed by atoms with Crippen molar-refractivity contribution in [2.75, 3.05) is 11.4 Å². The Bertz CT molecular complexity index is 389. The summed E-state index contributed by atoms with van der Waals surface area (Å²) in [5.74, 6) is 0.648. The lowest BCUT2D eigenvalue weighted by molar-refractivity contribution is -0.116. The van der Waals surface area contributed by atoms with Crippen molar-refractivity contribution in [3.8, 4) is 0 Å². The van der Waals surface area contributed by atoms with Crippen LogP contribution in [0.5, 0.6) is 0 Å². The quantitative estimate of drug-likeness (QED) is 0.863. The van der Waals surface area contributed by atoms with Gasteiger partial charge in [-0.05, 0) is 19.8 Å². The zero-order chi connectivity index (χ0) is 13.7. The Balaban J connectivity index is 2.60. The van der Waals surface area contributed by atoms with E-state index in [4.69, 9.17) is 0 Å². The zero-order valence-electron chi connectivity index (χ0n) is 11.9. The van der Waals surface area contributed by atoms with Gasteiger partial charge in [0, 0.05) is 31.4 Å². The molecule has 0 saturated carbocycles. The van der Waals surface area contributed by atoms with Gasteiger partial charge in [0.15, 0.2) is 5.13 Å². The van der Waals surface area contributed by atoms with Crippen molar-refractivity contribution in [2.45, 2.75) is 47.2 Å². The molecule has 0 aliphatic carbocycles. The van der Waals surface area contributed by atoms with Gasteiger partial charge < -0.3 is 5.32 Å². The lowest BCUT2D eigenvalue weighted by atomic mass is 10.1. The second kappa shape index (κ2) is 6.85. The zero-order valence-corrected chi connectivity index (χ0v) is 12.7. The fourth-order valence-electron chi connectivity index (χ4n) is 1.50. The number of carbonyl (C=O) groups excluding carboxylic acids is 1. The molecule has 1 heterocycles. The van der Waals surface area contributed by atoms with Crippen LogP contribution in [0.25, 0.3) is 0 Å².